The largest absolute Gasteiger partial charge is 0.344 e. The van der Waals surface area contributed by atoms with E-state index in [2.05, 4.69) is 4.72 Å². The van der Waals surface area contributed by atoms with Crippen molar-refractivity contribution >= 4 is 21.4 Å². The molecule has 5 nitrogen and oxygen atoms in total. The molecule has 0 heterocycles. The Morgan fingerprint density at radius 3 is 2.29 bits per heavy atom. The Hall–Kier alpha value is -1.89. The van der Waals surface area contributed by atoms with Gasteiger partial charge in [0, 0.05) is 25.0 Å². The van der Waals surface area contributed by atoms with E-state index >= 15 is 0 Å². The average Bonchev–Trinajstić information content (AvgIpc) is 2.54. The van der Waals surface area contributed by atoms with E-state index in [1.54, 1.807) is 24.3 Å². The summed E-state index contributed by atoms with van der Waals surface area (Å²) >= 11 is 0. The molecule has 2 aromatic rings. The van der Waals surface area contributed by atoms with Crippen molar-refractivity contribution in [2.75, 3.05) is 19.0 Å². The summed E-state index contributed by atoms with van der Waals surface area (Å²) in [4.78, 5) is 2.23. The van der Waals surface area contributed by atoms with E-state index in [-0.39, 0.29) is 4.90 Å². The Kier molecular flexibility index (Phi) is 4.62. The molecule has 0 atom stereocenters. The van der Waals surface area contributed by atoms with Gasteiger partial charge in [0.05, 0.1) is 4.90 Å². The van der Waals surface area contributed by atoms with Crippen LogP contribution in [0, 0.1) is 0 Å². The van der Waals surface area contributed by atoms with Crippen LogP contribution in [-0.4, -0.2) is 22.5 Å². The zero-order valence-corrected chi connectivity index (χ0v) is 12.9. The second-order valence-corrected chi connectivity index (χ2v) is 6.48. The summed E-state index contributed by atoms with van der Waals surface area (Å²) in [6, 6.07) is 14.6. The maximum absolute atomic E-state index is 11.7. The summed E-state index contributed by atoms with van der Waals surface area (Å²) < 4.78 is 25.7. The molecule has 0 aliphatic rings. The number of hydrogen-bond acceptors (Lipinski definition) is 4. The molecule has 0 fully saturated rings. The van der Waals surface area contributed by atoms with Crippen LogP contribution in [0.1, 0.15) is 5.56 Å². The van der Waals surface area contributed by atoms with Gasteiger partial charge in [-0.05, 0) is 42.9 Å². The van der Waals surface area contributed by atoms with Gasteiger partial charge in [0.15, 0.2) is 0 Å². The lowest BCUT2D eigenvalue weighted by Gasteiger charge is -2.22. The minimum atomic E-state index is -3.41. The molecular formula is C15H19N3O2S. The third kappa shape index (κ3) is 3.24. The van der Waals surface area contributed by atoms with Gasteiger partial charge in [-0.3, -0.25) is 0 Å². The number of nitrogens with two attached hydrogens (primary N) is 1. The molecule has 6 heteroatoms. The monoisotopic (exact) mass is 305 g/mol. The molecule has 0 radical (unpaired) electrons. The van der Waals surface area contributed by atoms with Gasteiger partial charge in [-0.15, -0.1) is 0 Å². The van der Waals surface area contributed by atoms with Crippen LogP contribution < -0.4 is 15.4 Å². The maximum Gasteiger partial charge on any atom is 0.240 e. The van der Waals surface area contributed by atoms with Crippen molar-refractivity contribution in [3.63, 3.8) is 0 Å². The number of nitrogens with zero attached hydrogens (tertiary/aromatic N) is 1. The predicted molar refractivity (Wildman–Crippen MR) is 85.1 cm³/mol. The van der Waals surface area contributed by atoms with Crippen LogP contribution in [0.5, 0.6) is 0 Å². The smallest absolute Gasteiger partial charge is 0.240 e. The summed E-state index contributed by atoms with van der Waals surface area (Å²) in [6.07, 6.45) is 0. The number of para-hydroxylation sites is 1. The number of hydrogen-bond donors (Lipinski definition) is 2. The Morgan fingerprint density at radius 2 is 1.71 bits per heavy atom. The lowest BCUT2D eigenvalue weighted by molar-refractivity contribution is 0.588. The lowest BCUT2D eigenvalue weighted by Crippen LogP contribution is -2.19. The highest BCUT2D eigenvalue weighted by Crippen LogP contribution is 2.27. The second kappa shape index (κ2) is 6.26. The van der Waals surface area contributed by atoms with Gasteiger partial charge < -0.3 is 10.6 Å². The molecule has 0 aromatic heterocycles. The Morgan fingerprint density at radius 1 is 1.10 bits per heavy atom. The Balaban J connectivity index is 2.34. The van der Waals surface area contributed by atoms with E-state index in [1.165, 1.54) is 7.05 Å². The number of rotatable bonds is 5. The van der Waals surface area contributed by atoms with Crippen molar-refractivity contribution in [2.45, 2.75) is 11.4 Å². The fourth-order valence-electron chi connectivity index (χ4n) is 2.12. The lowest BCUT2D eigenvalue weighted by atomic mass is 10.1. The molecule has 112 valence electrons. The third-order valence-electron chi connectivity index (χ3n) is 3.38. The molecule has 2 aromatic carbocycles. The molecule has 0 bridgehead atoms. The van der Waals surface area contributed by atoms with Crippen LogP contribution in [0.15, 0.2) is 53.4 Å². The van der Waals surface area contributed by atoms with Gasteiger partial charge in [-0.2, -0.15) is 0 Å². The van der Waals surface area contributed by atoms with Crippen molar-refractivity contribution in [2.24, 2.45) is 5.73 Å². The van der Waals surface area contributed by atoms with Gasteiger partial charge in [0.25, 0.3) is 0 Å². The minimum Gasteiger partial charge on any atom is -0.344 e. The molecule has 0 saturated heterocycles. The van der Waals surface area contributed by atoms with Gasteiger partial charge in [0.1, 0.15) is 0 Å². The van der Waals surface area contributed by atoms with E-state index < -0.39 is 10.0 Å². The van der Waals surface area contributed by atoms with Crippen LogP contribution in [0.2, 0.25) is 0 Å². The summed E-state index contributed by atoms with van der Waals surface area (Å²) in [5.74, 6) is 0. The molecule has 0 saturated carbocycles. The quantitative estimate of drug-likeness (QED) is 0.883. The fraction of sp³-hybridized carbons (Fsp3) is 0.200. The zero-order chi connectivity index (χ0) is 15.5. The molecular weight excluding hydrogens is 286 g/mol. The Labute approximate surface area is 125 Å². The van der Waals surface area contributed by atoms with Crippen LogP contribution >= 0.6 is 0 Å². The van der Waals surface area contributed by atoms with E-state index in [0.29, 0.717) is 6.54 Å². The normalized spacial score (nSPS) is 11.4. The van der Waals surface area contributed by atoms with Gasteiger partial charge in [0.2, 0.25) is 10.0 Å². The first-order valence-electron chi connectivity index (χ1n) is 6.55. The second-order valence-electron chi connectivity index (χ2n) is 4.59. The van der Waals surface area contributed by atoms with Crippen LogP contribution in [0.3, 0.4) is 0 Å². The highest BCUT2D eigenvalue weighted by Gasteiger charge is 2.12. The van der Waals surface area contributed by atoms with Gasteiger partial charge in [-0.1, -0.05) is 18.2 Å². The van der Waals surface area contributed by atoms with E-state index in [0.717, 1.165) is 16.9 Å². The molecule has 2 rings (SSSR count). The summed E-state index contributed by atoms with van der Waals surface area (Å²) in [7, 11) is -0.0843. The van der Waals surface area contributed by atoms with Crippen molar-refractivity contribution in [3.8, 4) is 0 Å². The minimum absolute atomic E-state index is 0.245. The van der Waals surface area contributed by atoms with Crippen molar-refractivity contribution in [1.29, 1.82) is 0 Å². The molecule has 0 spiro atoms. The molecule has 0 aliphatic heterocycles. The topological polar surface area (TPSA) is 75.4 Å². The zero-order valence-electron chi connectivity index (χ0n) is 12.1. The number of nitrogens with one attached hydrogen (secondary N) is 1. The summed E-state index contributed by atoms with van der Waals surface area (Å²) in [5, 5.41) is 0. The van der Waals surface area contributed by atoms with Crippen molar-refractivity contribution in [3.05, 3.63) is 54.1 Å². The van der Waals surface area contributed by atoms with Crippen LogP contribution in [0.25, 0.3) is 0 Å². The fourth-order valence-corrected chi connectivity index (χ4v) is 2.85. The maximum atomic E-state index is 11.7. The number of sulfonamides is 1. The van der Waals surface area contributed by atoms with Crippen LogP contribution in [0.4, 0.5) is 11.4 Å². The molecule has 21 heavy (non-hydrogen) atoms. The SMILES string of the molecule is CNS(=O)(=O)c1ccc(N(C)c2ccccc2CN)cc1. The average molecular weight is 305 g/mol. The number of benzene rings is 2. The number of anilines is 2. The first-order chi connectivity index (χ1) is 9.99. The van der Waals surface area contributed by atoms with Gasteiger partial charge >= 0.3 is 0 Å². The van der Waals surface area contributed by atoms with E-state index in [4.69, 9.17) is 5.73 Å². The van der Waals surface area contributed by atoms with Gasteiger partial charge in [-0.25, -0.2) is 13.1 Å². The molecule has 3 N–H and O–H groups in total. The summed E-state index contributed by atoms with van der Waals surface area (Å²) in [6.45, 7) is 0.451. The standard InChI is InChI=1S/C15H19N3O2S/c1-17-21(19,20)14-9-7-13(8-10-14)18(2)15-6-4-3-5-12(15)11-16/h3-10,17H,11,16H2,1-2H3. The molecule has 0 unspecified atom stereocenters. The molecule has 0 aliphatic carbocycles. The van der Waals surface area contributed by atoms with E-state index in [1.807, 2.05) is 36.2 Å². The summed E-state index contributed by atoms with van der Waals surface area (Å²) in [5.41, 5.74) is 8.68. The first-order valence-corrected chi connectivity index (χ1v) is 8.03. The first kappa shape index (κ1) is 15.5. The highest BCUT2D eigenvalue weighted by atomic mass is 32.2. The third-order valence-corrected chi connectivity index (χ3v) is 4.81. The Bertz CT molecular complexity index is 712. The van der Waals surface area contributed by atoms with Crippen molar-refractivity contribution in [1.82, 2.24) is 4.72 Å². The molecule has 0 amide bonds. The van der Waals surface area contributed by atoms with E-state index in [9.17, 15) is 8.42 Å². The highest BCUT2D eigenvalue weighted by molar-refractivity contribution is 7.89. The van der Waals surface area contributed by atoms with Crippen LogP contribution in [-0.2, 0) is 16.6 Å². The predicted octanol–water partition coefficient (Wildman–Crippen LogP) is 1.82. The van der Waals surface area contributed by atoms with Crippen molar-refractivity contribution < 1.29 is 8.42 Å².